The second-order valence-electron chi connectivity index (χ2n) is 9.45. The third-order valence-electron chi connectivity index (χ3n) is 6.25. The Kier molecular flexibility index (Phi) is 14.2. The molecule has 0 aliphatic rings. The van der Waals surface area contributed by atoms with E-state index in [2.05, 4.69) is 33.8 Å². The Bertz CT molecular complexity index is 493. The molecule has 0 aliphatic heterocycles. The molecule has 1 nitrogen and oxygen atoms in total. The Morgan fingerprint density at radius 1 is 0.714 bits per heavy atom. The van der Waals surface area contributed by atoms with Crippen molar-refractivity contribution >= 4 is 0 Å². The van der Waals surface area contributed by atoms with Gasteiger partial charge in [0.25, 0.3) is 0 Å². The van der Waals surface area contributed by atoms with E-state index < -0.39 is 0 Å². The number of phenolic OH excluding ortho intramolecular Hbond substituents is 1. The number of phenols is 1. The van der Waals surface area contributed by atoms with E-state index in [1.807, 2.05) is 12.1 Å². The number of unbranched alkanes of at least 4 members (excludes halogenated alkanes) is 9. The molecule has 0 amide bonds. The molecular weight excluding hydrogens is 340 g/mol. The number of benzene rings is 1. The lowest BCUT2D eigenvalue weighted by Gasteiger charge is -2.15. The molecule has 2 unspecified atom stereocenters. The van der Waals surface area contributed by atoms with Crippen LogP contribution in [0.5, 0.6) is 5.75 Å². The number of rotatable bonds is 17. The minimum absolute atomic E-state index is 0.465. The van der Waals surface area contributed by atoms with Crippen LogP contribution in [0.4, 0.5) is 0 Å². The summed E-state index contributed by atoms with van der Waals surface area (Å²) >= 11 is 0. The fraction of sp³-hybridized carbons (Fsp3) is 0.778. The van der Waals surface area contributed by atoms with E-state index >= 15 is 0 Å². The highest BCUT2D eigenvalue weighted by Gasteiger charge is 2.09. The second kappa shape index (κ2) is 15.9. The van der Waals surface area contributed by atoms with E-state index in [1.54, 1.807) is 0 Å². The Morgan fingerprint density at radius 3 is 1.89 bits per heavy atom. The lowest BCUT2D eigenvalue weighted by Crippen LogP contribution is -2.02. The fourth-order valence-corrected chi connectivity index (χ4v) is 4.29. The monoisotopic (exact) mass is 388 g/mol. The van der Waals surface area contributed by atoms with Gasteiger partial charge in [0.05, 0.1) is 0 Å². The van der Waals surface area contributed by atoms with Gasteiger partial charge in [0.1, 0.15) is 5.75 Å². The molecule has 0 heterocycles. The van der Waals surface area contributed by atoms with Crippen LogP contribution in [-0.2, 0) is 6.42 Å². The van der Waals surface area contributed by atoms with Gasteiger partial charge in [-0.2, -0.15) is 0 Å². The van der Waals surface area contributed by atoms with E-state index in [9.17, 15) is 5.11 Å². The Hall–Kier alpha value is -0.980. The maximum absolute atomic E-state index is 10.0. The predicted molar refractivity (Wildman–Crippen MR) is 125 cm³/mol. The van der Waals surface area contributed by atoms with Gasteiger partial charge in [0.15, 0.2) is 0 Å². The first-order valence-electron chi connectivity index (χ1n) is 12.3. The molecule has 0 saturated heterocycles. The summed E-state index contributed by atoms with van der Waals surface area (Å²) in [5, 5.41) is 10.0. The lowest BCUT2D eigenvalue weighted by molar-refractivity contribution is 0.403. The first-order chi connectivity index (χ1) is 13.5. The fourth-order valence-electron chi connectivity index (χ4n) is 4.29. The molecule has 0 aromatic heterocycles. The summed E-state index contributed by atoms with van der Waals surface area (Å²) in [6.45, 7) is 9.15. The number of aromatic hydroxyl groups is 1. The molecule has 0 fully saturated rings. The zero-order chi connectivity index (χ0) is 20.6. The minimum atomic E-state index is 0.465. The van der Waals surface area contributed by atoms with Crippen molar-refractivity contribution in [3.63, 3.8) is 0 Å². The van der Waals surface area contributed by atoms with Crippen LogP contribution < -0.4 is 0 Å². The second-order valence-corrected chi connectivity index (χ2v) is 9.45. The molecular formula is C27H48O. The zero-order valence-corrected chi connectivity index (χ0v) is 19.4. The molecule has 1 aromatic rings. The molecule has 1 rings (SSSR count). The van der Waals surface area contributed by atoms with E-state index in [-0.39, 0.29) is 0 Å². The van der Waals surface area contributed by atoms with Crippen LogP contribution in [0.25, 0.3) is 0 Å². The van der Waals surface area contributed by atoms with Gasteiger partial charge in [-0.25, -0.2) is 0 Å². The molecule has 1 aromatic carbocycles. The van der Waals surface area contributed by atoms with Gasteiger partial charge in [0, 0.05) is 0 Å². The topological polar surface area (TPSA) is 20.2 Å². The average molecular weight is 389 g/mol. The molecule has 1 heteroatoms. The normalized spacial score (nSPS) is 13.6. The Balaban J connectivity index is 1.98. The van der Waals surface area contributed by atoms with Crippen molar-refractivity contribution in [3.05, 3.63) is 29.3 Å². The van der Waals surface area contributed by atoms with Crippen LogP contribution in [0, 0.1) is 18.8 Å². The van der Waals surface area contributed by atoms with Crippen molar-refractivity contribution < 1.29 is 5.11 Å². The molecule has 0 spiro atoms. The van der Waals surface area contributed by atoms with Crippen molar-refractivity contribution in [2.24, 2.45) is 11.8 Å². The van der Waals surface area contributed by atoms with Crippen molar-refractivity contribution in [2.45, 2.75) is 124 Å². The molecule has 1 N–H and O–H groups in total. The third kappa shape index (κ3) is 12.5. The summed E-state index contributed by atoms with van der Waals surface area (Å²) in [7, 11) is 0. The summed E-state index contributed by atoms with van der Waals surface area (Å²) in [5.74, 6) is 1.98. The minimum Gasteiger partial charge on any atom is -0.508 e. The summed E-state index contributed by atoms with van der Waals surface area (Å²) < 4.78 is 0. The van der Waals surface area contributed by atoms with Crippen molar-refractivity contribution in [2.75, 3.05) is 0 Å². The van der Waals surface area contributed by atoms with E-state index in [1.165, 1.54) is 95.5 Å². The molecule has 28 heavy (non-hydrogen) atoms. The maximum Gasteiger partial charge on any atom is 0.118 e. The highest BCUT2D eigenvalue weighted by Crippen LogP contribution is 2.25. The number of hydrogen-bond acceptors (Lipinski definition) is 1. The van der Waals surface area contributed by atoms with Crippen LogP contribution in [0.15, 0.2) is 18.2 Å². The van der Waals surface area contributed by atoms with Gasteiger partial charge in [0.2, 0.25) is 0 Å². The van der Waals surface area contributed by atoms with E-state index in [0.29, 0.717) is 11.7 Å². The SMILES string of the molecule is CCCCCCCCCCCCC(C)CCCC(C)Cc1cc(C)ccc1O. The van der Waals surface area contributed by atoms with Crippen molar-refractivity contribution in [1.29, 1.82) is 0 Å². The molecule has 0 saturated carbocycles. The van der Waals surface area contributed by atoms with Crippen LogP contribution in [0.1, 0.15) is 122 Å². The maximum atomic E-state index is 10.0. The summed E-state index contributed by atoms with van der Waals surface area (Å²) in [5.41, 5.74) is 2.36. The van der Waals surface area contributed by atoms with E-state index in [0.717, 1.165) is 17.9 Å². The lowest BCUT2D eigenvalue weighted by atomic mass is 9.91. The first kappa shape index (κ1) is 25.1. The molecule has 162 valence electrons. The van der Waals surface area contributed by atoms with Crippen LogP contribution >= 0.6 is 0 Å². The predicted octanol–water partition coefficient (Wildman–Crippen LogP) is 9.00. The van der Waals surface area contributed by atoms with Gasteiger partial charge in [-0.05, 0) is 36.8 Å². The standard InChI is InChI=1S/C27H48O/c1-5-6-7-8-9-10-11-12-13-14-16-23(2)17-15-18-24(3)21-26-22-25(4)19-20-27(26)28/h19-20,22-24,28H,5-18,21H2,1-4H3. The van der Waals surface area contributed by atoms with Crippen molar-refractivity contribution in [3.8, 4) is 5.75 Å². The van der Waals surface area contributed by atoms with Gasteiger partial charge in [-0.1, -0.05) is 128 Å². The number of aryl methyl sites for hydroxylation is 1. The van der Waals surface area contributed by atoms with Crippen molar-refractivity contribution in [1.82, 2.24) is 0 Å². The Labute approximate surface area is 176 Å². The summed E-state index contributed by atoms with van der Waals surface area (Å²) in [4.78, 5) is 0. The van der Waals surface area contributed by atoms with Crippen LogP contribution in [0.3, 0.4) is 0 Å². The van der Waals surface area contributed by atoms with Crippen LogP contribution in [-0.4, -0.2) is 5.11 Å². The molecule has 0 aliphatic carbocycles. The largest absolute Gasteiger partial charge is 0.508 e. The summed E-state index contributed by atoms with van der Waals surface area (Å²) in [6.07, 6.45) is 20.7. The van der Waals surface area contributed by atoms with Gasteiger partial charge in [-0.15, -0.1) is 0 Å². The number of hydrogen-bond donors (Lipinski definition) is 1. The quantitative estimate of drug-likeness (QED) is 0.264. The smallest absolute Gasteiger partial charge is 0.118 e. The highest BCUT2D eigenvalue weighted by atomic mass is 16.3. The molecule has 2 atom stereocenters. The highest BCUT2D eigenvalue weighted by molar-refractivity contribution is 5.35. The first-order valence-corrected chi connectivity index (χ1v) is 12.3. The summed E-state index contributed by atoms with van der Waals surface area (Å²) in [6, 6.07) is 5.96. The molecule has 0 bridgehead atoms. The zero-order valence-electron chi connectivity index (χ0n) is 19.4. The van der Waals surface area contributed by atoms with Gasteiger partial charge in [-0.3, -0.25) is 0 Å². The third-order valence-corrected chi connectivity index (χ3v) is 6.25. The van der Waals surface area contributed by atoms with E-state index in [4.69, 9.17) is 0 Å². The molecule has 0 radical (unpaired) electrons. The average Bonchev–Trinajstić information content (AvgIpc) is 2.66. The van der Waals surface area contributed by atoms with Crippen LogP contribution in [0.2, 0.25) is 0 Å². The van der Waals surface area contributed by atoms with Gasteiger partial charge >= 0.3 is 0 Å². The van der Waals surface area contributed by atoms with Gasteiger partial charge < -0.3 is 5.11 Å². The Morgan fingerprint density at radius 2 is 1.25 bits per heavy atom.